The molecule has 1 aromatic carbocycles. The maximum Gasteiger partial charge on any atom is 0.273 e. The molecule has 1 aliphatic rings. The van der Waals surface area contributed by atoms with Crippen LogP contribution >= 0.6 is 0 Å². The van der Waals surface area contributed by atoms with Crippen molar-refractivity contribution < 1.29 is 13.3 Å². The lowest BCUT2D eigenvalue weighted by Gasteiger charge is -2.15. The molecule has 21 heavy (non-hydrogen) atoms. The van der Waals surface area contributed by atoms with Crippen LogP contribution in [0.4, 0.5) is 5.69 Å². The largest absolute Gasteiger partial charge is 0.273 e. The molecule has 2 unspecified atom stereocenters. The van der Waals surface area contributed by atoms with Crippen molar-refractivity contribution >= 4 is 15.7 Å². The zero-order valence-electron chi connectivity index (χ0n) is 11.4. The molecule has 0 saturated heterocycles. The third-order valence-electron chi connectivity index (χ3n) is 3.68. The van der Waals surface area contributed by atoms with Crippen LogP contribution in [0.15, 0.2) is 23.1 Å². The van der Waals surface area contributed by atoms with Gasteiger partial charge in [-0.25, -0.2) is 13.1 Å². The Morgan fingerprint density at radius 2 is 2.14 bits per heavy atom. The fourth-order valence-corrected chi connectivity index (χ4v) is 3.81. The summed E-state index contributed by atoms with van der Waals surface area (Å²) in [6.07, 6.45) is 2.06. The monoisotopic (exact) mass is 309 g/mol. The van der Waals surface area contributed by atoms with Crippen LogP contribution in [0.2, 0.25) is 0 Å². The van der Waals surface area contributed by atoms with Gasteiger partial charge in [0.25, 0.3) is 5.69 Å². The van der Waals surface area contributed by atoms with Crippen LogP contribution in [0.1, 0.15) is 24.8 Å². The minimum absolute atomic E-state index is 0.150. The zero-order chi connectivity index (χ0) is 15.6. The van der Waals surface area contributed by atoms with Gasteiger partial charge in [0.2, 0.25) is 10.0 Å². The molecule has 8 heteroatoms. The number of benzene rings is 1. The zero-order valence-corrected chi connectivity index (χ0v) is 12.3. The third-order valence-corrected chi connectivity index (χ3v) is 5.16. The summed E-state index contributed by atoms with van der Waals surface area (Å²) in [5.41, 5.74) is 0.163. The molecule has 0 radical (unpaired) electrons. The van der Waals surface area contributed by atoms with Gasteiger partial charge >= 0.3 is 0 Å². The van der Waals surface area contributed by atoms with E-state index in [1.807, 2.05) is 0 Å². The molecule has 1 aromatic rings. The summed E-state index contributed by atoms with van der Waals surface area (Å²) in [6, 6.07) is 5.45. The summed E-state index contributed by atoms with van der Waals surface area (Å²) in [7, 11) is -3.87. The van der Waals surface area contributed by atoms with Gasteiger partial charge in [0.15, 0.2) is 0 Å². The summed E-state index contributed by atoms with van der Waals surface area (Å²) >= 11 is 0. The van der Waals surface area contributed by atoms with Gasteiger partial charge in [0, 0.05) is 17.7 Å². The average Bonchev–Trinajstić information content (AvgIpc) is 2.85. The Hall–Kier alpha value is -1.98. The molecule has 2 rings (SSSR count). The Balaban J connectivity index is 2.30. The molecule has 0 spiro atoms. The van der Waals surface area contributed by atoms with Crippen molar-refractivity contribution in [3.8, 4) is 6.07 Å². The number of nitrogens with one attached hydrogen (secondary N) is 1. The first-order valence-electron chi connectivity index (χ1n) is 6.52. The molecule has 0 amide bonds. The topological polar surface area (TPSA) is 113 Å². The summed E-state index contributed by atoms with van der Waals surface area (Å²) in [5.74, 6) is -0.347. The van der Waals surface area contributed by atoms with Crippen LogP contribution < -0.4 is 4.72 Å². The van der Waals surface area contributed by atoms with Crippen molar-refractivity contribution in [3.05, 3.63) is 33.9 Å². The second-order valence-corrected chi connectivity index (χ2v) is 6.81. The number of sulfonamides is 1. The van der Waals surface area contributed by atoms with Crippen LogP contribution in [-0.4, -0.2) is 19.4 Å². The number of hydrogen-bond donors (Lipinski definition) is 1. The van der Waals surface area contributed by atoms with E-state index < -0.39 is 21.0 Å². The van der Waals surface area contributed by atoms with E-state index in [9.17, 15) is 18.5 Å². The van der Waals surface area contributed by atoms with Crippen LogP contribution in [0, 0.1) is 34.3 Å². The first kappa shape index (κ1) is 15.4. The molecule has 7 nitrogen and oxygen atoms in total. The molecule has 1 fully saturated rings. The SMILES string of the molecule is Cc1ccc(S(=O)(=O)NC2CCCC2C#N)cc1[N+](=O)[O-]. The van der Waals surface area contributed by atoms with E-state index in [4.69, 9.17) is 5.26 Å². The molecule has 1 saturated carbocycles. The number of nitriles is 1. The Kier molecular flexibility index (Phi) is 4.25. The molecule has 0 bridgehead atoms. The predicted octanol–water partition coefficient (Wildman–Crippen LogP) is 1.87. The van der Waals surface area contributed by atoms with E-state index in [1.54, 1.807) is 6.92 Å². The lowest BCUT2D eigenvalue weighted by Crippen LogP contribution is -2.36. The highest BCUT2D eigenvalue weighted by Gasteiger charge is 2.31. The average molecular weight is 309 g/mol. The molecule has 1 aliphatic carbocycles. The quantitative estimate of drug-likeness (QED) is 0.673. The highest BCUT2D eigenvalue weighted by molar-refractivity contribution is 7.89. The molecule has 2 atom stereocenters. The molecule has 1 N–H and O–H groups in total. The van der Waals surface area contributed by atoms with Crippen LogP contribution in [0.25, 0.3) is 0 Å². The maximum absolute atomic E-state index is 12.3. The van der Waals surface area contributed by atoms with Crippen LogP contribution in [-0.2, 0) is 10.0 Å². The Morgan fingerprint density at radius 3 is 2.76 bits per heavy atom. The van der Waals surface area contributed by atoms with Gasteiger partial charge in [-0.2, -0.15) is 5.26 Å². The number of nitro benzene ring substituents is 1. The van der Waals surface area contributed by atoms with E-state index in [1.165, 1.54) is 12.1 Å². The molecular formula is C13H15N3O4S. The van der Waals surface area contributed by atoms with Gasteiger partial charge in [-0.15, -0.1) is 0 Å². The van der Waals surface area contributed by atoms with Gasteiger partial charge < -0.3 is 0 Å². The van der Waals surface area contributed by atoms with Gasteiger partial charge in [-0.1, -0.05) is 12.5 Å². The molecule has 0 heterocycles. The number of aryl methyl sites for hydroxylation is 1. The fourth-order valence-electron chi connectivity index (χ4n) is 2.48. The lowest BCUT2D eigenvalue weighted by molar-refractivity contribution is -0.385. The highest BCUT2D eigenvalue weighted by atomic mass is 32.2. The van der Waals surface area contributed by atoms with Gasteiger partial charge in [-0.05, 0) is 25.8 Å². The van der Waals surface area contributed by atoms with Crippen molar-refractivity contribution in [2.75, 3.05) is 0 Å². The third kappa shape index (κ3) is 3.20. The van der Waals surface area contributed by atoms with E-state index in [0.717, 1.165) is 12.5 Å². The highest BCUT2D eigenvalue weighted by Crippen LogP contribution is 2.27. The van der Waals surface area contributed by atoms with Gasteiger partial charge in [0.1, 0.15) is 0 Å². The molecule has 112 valence electrons. The number of nitro groups is 1. The van der Waals surface area contributed by atoms with Crippen molar-refractivity contribution in [2.45, 2.75) is 37.1 Å². The Bertz CT molecular complexity index is 709. The van der Waals surface area contributed by atoms with E-state index in [-0.39, 0.29) is 16.5 Å². The molecule has 0 aromatic heterocycles. The predicted molar refractivity (Wildman–Crippen MR) is 74.9 cm³/mol. The fraction of sp³-hybridized carbons (Fsp3) is 0.462. The maximum atomic E-state index is 12.3. The smallest absolute Gasteiger partial charge is 0.258 e. The summed E-state index contributed by atoms with van der Waals surface area (Å²) < 4.78 is 27.1. The van der Waals surface area contributed by atoms with Gasteiger partial charge in [-0.3, -0.25) is 10.1 Å². The standard InChI is InChI=1S/C13H15N3O4S/c1-9-5-6-11(7-13(9)16(17)18)21(19,20)15-12-4-2-3-10(12)8-14/h5-7,10,12,15H,2-4H2,1H3. The normalized spacial score (nSPS) is 21.9. The lowest BCUT2D eigenvalue weighted by atomic mass is 10.1. The number of rotatable bonds is 4. The number of nitrogens with zero attached hydrogens (tertiary/aromatic N) is 2. The first-order valence-corrected chi connectivity index (χ1v) is 8.00. The minimum Gasteiger partial charge on any atom is -0.258 e. The Morgan fingerprint density at radius 1 is 1.43 bits per heavy atom. The second-order valence-electron chi connectivity index (χ2n) is 5.10. The minimum atomic E-state index is -3.87. The summed E-state index contributed by atoms with van der Waals surface area (Å²) in [4.78, 5) is 10.1. The molecule has 0 aliphatic heterocycles. The van der Waals surface area contributed by atoms with E-state index >= 15 is 0 Å². The Labute approximate surface area is 122 Å². The first-order chi connectivity index (χ1) is 9.85. The van der Waals surface area contributed by atoms with E-state index in [0.29, 0.717) is 18.4 Å². The van der Waals surface area contributed by atoms with E-state index in [2.05, 4.69) is 10.8 Å². The second kappa shape index (κ2) is 5.79. The van der Waals surface area contributed by atoms with Crippen molar-refractivity contribution in [1.29, 1.82) is 5.26 Å². The van der Waals surface area contributed by atoms with Crippen LogP contribution in [0.5, 0.6) is 0 Å². The van der Waals surface area contributed by atoms with Crippen molar-refractivity contribution in [1.82, 2.24) is 4.72 Å². The summed E-state index contributed by atoms with van der Waals surface area (Å²) in [5, 5.41) is 19.9. The molecular weight excluding hydrogens is 294 g/mol. The van der Waals surface area contributed by atoms with Crippen molar-refractivity contribution in [2.24, 2.45) is 5.92 Å². The van der Waals surface area contributed by atoms with Crippen LogP contribution in [0.3, 0.4) is 0 Å². The summed E-state index contributed by atoms with van der Waals surface area (Å²) in [6.45, 7) is 1.55. The van der Waals surface area contributed by atoms with Gasteiger partial charge in [0.05, 0.1) is 21.8 Å². The van der Waals surface area contributed by atoms with Crippen molar-refractivity contribution in [3.63, 3.8) is 0 Å². The number of hydrogen-bond acceptors (Lipinski definition) is 5.